The molecule has 0 aromatic heterocycles. The van der Waals surface area contributed by atoms with E-state index in [2.05, 4.69) is 5.32 Å². The number of para-hydroxylation sites is 1. The number of carbonyl (C=O) groups excluding carboxylic acids is 2. The first-order valence-corrected chi connectivity index (χ1v) is 14.3. The molecule has 0 radical (unpaired) electrons. The molecule has 43 heavy (non-hydrogen) atoms. The van der Waals surface area contributed by atoms with Gasteiger partial charge in [0.25, 0.3) is 5.91 Å². The maximum Gasteiger partial charge on any atom is 0.311 e. The van der Waals surface area contributed by atoms with Gasteiger partial charge in [0.1, 0.15) is 24.2 Å². The highest BCUT2D eigenvalue weighted by atomic mass is 16.5. The maximum atomic E-state index is 12.5. The van der Waals surface area contributed by atoms with Crippen molar-refractivity contribution in [1.82, 2.24) is 0 Å². The van der Waals surface area contributed by atoms with Crippen LogP contribution in [0.1, 0.15) is 47.5 Å². The molecule has 0 bridgehead atoms. The first-order chi connectivity index (χ1) is 20.8. The van der Waals surface area contributed by atoms with Gasteiger partial charge in [-0.1, -0.05) is 60.7 Å². The smallest absolute Gasteiger partial charge is 0.311 e. The van der Waals surface area contributed by atoms with Gasteiger partial charge < -0.3 is 30.1 Å². The van der Waals surface area contributed by atoms with E-state index in [1.165, 1.54) is 0 Å². The summed E-state index contributed by atoms with van der Waals surface area (Å²) in [6.07, 6.45) is 2.20. The number of carboxylic acid groups (broad SMARTS) is 1. The largest absolute Gasteiger partial charge is 0.491 e. The van der Waals surface area contributed by atoms with E-state index in [1.807, 2.05) is 30.3 Å². The van der Waals surface area contributed by atoms with Crippen LogP contribution in [0.5, 0.6) is 5.75 Å². The standard InChI is InChI=1S/C34H37NO8/c36-26(21-42-27-12-6-2-7-13-27)22-43-32-29(30(37)20-31(32)38)15-9-3-8-14-28(34(40)41)23-16-18-25(19-17-23)35-33(39)24-10-4-1-5-11-24/h1-8,10-13,16-19,26,28-29,31-32,36,38H,9,14-15,20-22H2,(H,35,39)(H,40,41)/b8-3-/t26?,28-,29+,31-,32+/m0/s1. The number of aliphatic hydroxyl groups excluding tert-OH is 2. The number of carbonyl (C=O) groups is 3. The van der Waals surface area contributed by atoms with E-state index in [9.17, 15) is 29.7 Å². The Labute approximate surface area is 250 Å². The van der Waals surface area contributed by atoms with Gasteiger partial charge in [-0.25, -0.2) is 0 Å². The molecule has 4 N–H and O–H groups in total. The summed E-state index contributed by atoms with van der Waals surface area (Å²) in [7, 11) is 0. The molecule has 0 heterocycles. The molecular formula is C34H37NO8. The molecule has 0 saturated heterocycles. The van der Waals surface area contributed by atoms with Gasteiger partial charge in [0.15, 0.2) is 0 Å². The summed E-state index contributed by atoms with van der Waals surface area (Å²) < 4.78 is 11.3. The summed E-state index contributed by atoms with van der Waals surface area (Å²) in [5.74, 6) is -1.99. The third-order valence-electron chi connectivity index (χ3n) is 7.35. The molecule has 1 amide bonds. The van der Waals surface area contributed by atoms with Crippen LogP contribution in [-0.4, -0.2) is 64.5 Å². The van der Waals surface area contributed by atoms with Crippen molar-refractivity contribution in [3.63, 3.8) is 0 Å². The molecule has 4 rings (SSSR count). The Morgan fingerprint density at radius 3 is 2.28 bits per heavy atom. The quantitative estimate of drug-likeness (QED) is 0.189. The topological polar surface area (TPSA) is 142 Å². The Morgan fingerprint density at radius 2 is 1.60 bits per heavy atom. The minimum Gasteiger partial charge on any atom is -0.491 e. The number of ketones is 1. The number of anilines is 1. The van der Waals surface area contributed by atoms with Crippen molar-refractivity contribution >= 4 is 23.3 Å². The Balaban J connectivity index is 1.24. The number of Topliss-reactive ketones (excluding diaryl/α,β-unsaturated/α-hetero) is 1. The Morgan fingerprint density at radius 1 is 0.930 bits per heavy atom. The number of aliphatic carboxylic acids is 1. The van der Waals surface area contributed by atoms with Crippen LogP contribution in [0.4, 0.5) is 5.69 Å². The van der Waals surface area contributed by atoms with Crippen LogP contribution in [0.2, 0.25) is 0 Å². The van der Waals surface area contributed by atoms with Crippen LogP contribution in [0, 0.1) is 5.92 Å². The Kier molecular flexibility index (Phi) is 11.6. The van der Waals surface area contributed by atoms with E-state index in [0.717, 1.165) is 0 Å². The normalized spacial score (nSPS) is 19.7. The van der Waals surface area contributed by atoms with Crippen LogP contribution in [0.15, 0.2) is 97.1 Å². The van der Waals surface area contributed by atoms with Crippen molar-refractivity contribution in [2.24, 2.45) is 5.92 Å². The number of hydrogen-bond donors (Lipinski definition) is 4. The first-order valence-electron chi connectivity index (χ1n) is 14.3. The molecule has 0 aliphatic heterocycles. The molecule has 1 aliphatic rings. The number of carboxylic acids is 1. The monoisotopic (exact) mass is 587 g/mol. The van der Waals surface area contributed by atoms with Gasteiger partial charge >= 0.3 is 5.97 Å². The highest BCUT2D eigenvalue weighted by Gasteiger charge is 2.42. The zero-order valence-electron chi connectivity index (χ0n) is 23.7. The summed E-state index contributed by atoms with van der Waals surface area (Å²) in [5, 5.41) is 33.2. The number of aliphatic hydroxyl groups is 2. The highest BCUT2D eigenvalue weighted by molar-refractivity contribution is 6.04. The second-order valence-electron chi connectivity index (χ2n) is 10.5. The summed E-state index contributed by atoms with van der Waals surface area (Å²) in [5.41, 5.74) is 1.69. The molecule has 226 valence electrons. The summed E-state index contributed by atoms with van der Waals surface area (Å²) >= 11 is 0. The second-order valence-corrected chi connectivity index (χ2v) is 10.5. The fourth-order valence-corrected chi connectivity index (χ4v) is 5.05. The molecule has 3 aromatic rings. The fraction of sp³-hybridized carbons (Fsp3) is 0.324. The number of ether oxygens (including phenoxy) is 2. The lowest BCUT2D eigenvalue weighted by molar-refractivity contribution is -0.138. The molecule has 9 heteroatoms. The van der Waals surface area contributed by atoms with E-state index < -0.39 is 36.1 Å². The van der Waals surface area contributed by atoms with E-state index in [-0.39, 0.29) is 37.7 Å². The van der Waals surface area contributed by atoms with Gasteiger partial charge in [-0.05, 0) is 61.2 Å². The molecule has 0 spiro atoms. The van der Waals surface area contributed by atoms with Gasteiger partial charge in [0.2, 0.25) is 0 Å². The number of nitrogens with one attached hydrogen (secondary N) is 1. The summed E-state index contributed by atoms with van der Waals surface area (Å²) in [6.45, 7) is -0.0623. The van der Waals surface area contributed by atoms with Crippen LogP contribution < -0.4 is 10.1 Å². The van der Waals surface area contributed by atoms with Gasteiger partial charge in [-0.2, -0.15) is 0 Å². The van der Waals surface area contributed by atoms with E-state index in [1.54, 1.807) is 66.7 Å². The van der Waals surface area contributed by atoms with Crippen LogP contribution in [0.3, 0.4) is 0 Å². The van der Waals surface area contributed by atoms with Crippen LogP contribution in [-0.2, 0) is 14.3 Å². The fourth-order valence-electron chi connectivity index (χ4n) is 5.05. The lowest BCUT2D eigenvalue weighted by Gasteiger charge is -2.23. The number of hydrogen-bond acceptors (Lipinski definition) is 7. The van der Waals surface area contributed by atoms with E-state index >= 15 is 0 Å². The third kappa shape index (κ3) is 9.34. The minimum atomic E-state index is -0.969. The van der Waals surface area contributed by atoms with Gasteiger partial charge in [0, 0.05) is 23.6 Å². The summed E-state index contributed by atoms with van der Waals surface area (Å²) in [6, 6.07) is 24.6. The number of allylic oxidation sites excluding steroid dienone is 2. The molecule has 3 aromatic carbocycles. The van der Waals surface area contributed by atoms with Gasteiger partial charge in [-0.15, -0.1) is 0 Å². The van der Waals surface area contributed by atoms with Gasteiger partial charge in [-0.3, -0.25) is 14.4 Å². The van der Waals surface area contributed by atoms with Gasteiger partial charge in [0.05, 0.1) is 24.7 Å². The minimum absolute atomic E-state index is 0.00144. The van der Waals surface area contributed by atoms with Crippen molar-refractivity contribution in [2.45, 2.75) is 49.9 Å². The van der Waals surface area contributed by atoms with E-state index in [4.69, 9.17) is 9.47 Å². The molecule has 5 atom stereocenters. The summed E-state index contributed by atoms with van der Waals surface area (Å²) in [4.78, 5) is 36.9. The zero-order valence-corrected chi connectivity index (χ0v) is 23.7. The molecule has 1 saturated carbocycles. The lowest BCUT2D eigenvalue weighted by Crippen LogP contribution is -2.34. The Hall–Kier alpha value is -4.31. The average Bonchev–Trinajstić information content (AvgIpc) is 3.29. The highest BCUT2D eigenvalue weighted by Crippen LogP contribution is 2.30. The second kappa shape index (κ2) is 15.8. The predicted molar refractivity (Wildman–Crippen MR) is 161 cm³/mol. The maximum absolute atomic E-state index is 12.5. The first kappa shape index (κ1) is 31.6. The van der Waals surface area contributed by atoms with Crippen molar-refractivity contribution in [3.05, 3.63) is 108 Å². The lowest BCUT2D eigenvalue weighted by atomic mass is 9.94. The number of benzene rings is 3. The number of amides is 1. The third-order valence-corrected chi connectivity index (χ3v) is 7.35. The molecule has 9 nitrogen and oxygen atoms in total. The van der Waals surface area contributed by atoms with Crippen molar-refractivity contribution in [3.8, 4) is 5.75 Å². The molecule has 1 fully saturated rings. The zero-order chi connectivity index (χ0) is 30.6. The van der Waals surface area contributed by atoms with Crippen LogP contribution >= 0.6 is 0 Å². The molecule has 1 unspecified atom stereocenters. The van der Waals surface area contributed by atoms with Crippen molar-refractivity contribution in [1.29, 1.82) is 0 Å². The molecular weight excluding hydrogens is 550 g/mol. The number of rotatable bonds is 15. The predicted octanol–water partition coefficient (Wildman–Crippen LogP) is 4.61. The molecule has 1 aliphatic carbocycles. The van der Waals surface area contributed by atoms with E-state index in [0.29, 0.717) is 35.4 Å². The van der Waals surface area contributed by atoms with Crippen LogP contribution in [0.25, 0.3) is 0 Å². The van der Waals surface area contributed by atoms with Crippen molar-refractivity contribution < 1.29 is 39.2 Å². The van der Waals surface area contributed by atoms with Crippen molar-refractivity contribution in [2.75, 3.05) is 18.5 Å². The Bertz CT molecular complexity index is 1360. The SMILES string of the molecule is O=C(Nc1ccc([C@H](C/C=C\CC[C@@H]2C(=O)C[C@H](O)[C@@H]2OCC(O)COc2ccccc2)C(=O)O)cc1)c1ccccc1. The average molecular weight is 588 g/mol.